The maximum Gasteiger partial charge on any atom is 0.391 e. The van der Waals surface area contributed by atoms with Gasteiger partial charge in [-0.25, -0.2) is 4.98 Å². The third-order valence-corrected chi connectivity index (χ3v) is 2.58. The fraction of sp³-hybridized carbons (Fsp3) is 0.267. The second-order valence-electron chi connectivity index (χ2n) is 4.53. The monoisotopic (exact) mass is 313 g/mol. The molecule has 0 aliphatic rings. The van der Waals surface area contributed by atoms with Gasteiger partial charge in [0.05, 0.1) is 12.5 Å². The molecule has 4 nitrogen and oxygen atoms in total. The molecule has 0 amide bonds. The predicted molar refractivity (Wildman–Crippen MR) is 72.9 cm³/mol. The molecule has 0 saturated carbocycles. The fourth-order valence-corrected chi connectivity index (χ4v) is 1.67. The minimum atomic E-state index is -4.42. The van der Waals surface area contributed by atoms with Gasteiger partial charge >= 0.3 is 6.18 Å². The molecule has 0 aliphatic heterocycles. The number of benzene rings is 1. The highest BCUT2D eigenvalue weighted by molar-refractivity contribution is 5.35. The van der Waals surface area contributed by atoms with Crippen LogP contribution in [-0.4, -0.2) is 29.0 Å². The average Bonchev–Trinajstić information content (AvgIpc) is 2.45. The van der Waals surface area contributed by atoms with Crippen LogP contribution in [0.5, 0.6) is 17.4 Å². The van der Waals surface area contributed by atoms with E-state index in [-0.39, 0.29) is 0 Å². The second kappa shape index (κ2) is 7.13. The van der Waals surface area contributed by atoms with E-state index in [2.05, 4.69) is 4.98 Å². The number of aliphatic hydroxyl groups excluding tert-OH is 1. The van der Waals surface area contributed by atoms with Gasteiger partial charge in [-0.2, -0.15) is 13.2 Å². The lowest BCUT2D eigenvalue weighted by Gasteiger charge is -2.14. The molecule has 0 saturated heterocycles. The summed E-state index contributed by atoms with van der Waals surface area (Å²) in [6.07, 6.45) is -5.77. The first-order valence-electron chi connectivity index (χ1n) is 6.49. The van der Waals surface area contributed by atoms with Crippen molar-refractivity contribution in [3.05, 3.63) is 48.7 Å². The Bertz CT molecular complexity index is 590. The van der Waals surface area contributed by atoms with Crippen LogP contribution in [0.3, 0.4) is 0 Å². The van der Waals surface area contributed by atoms with Crippen molar-refractivity contribution in [1.29, 1.82) is 0 Å². The molecule has 1 aromatic heterocycles. The van der Waals surface area contributed by atoms with Gasteiger partial charge in [-0.15, -0.1) is 0 Å². The molecule has 0 fully saturated rings. The first kappa shape index (κ1) is 16.1. The van der Waals surface area contributed by atoms with E-state index in [1.54, 1.807) is 42.6 Å². The topological polar surface area (TPSA) is 51.6 Å². The largest absolute Gasteiger partial charge is 0.491 e. The smallest absolute Gasteiger partial charge is 0.391 e. The summed E-state index contributed by atoms with van der Waals surface area (Å²) in [5.41, 5.74) is 0. The van der Waals surface area contributed by atoms with Crippen molar-refractivity contribution in [2.24, 2.45) is 0 Å². The molecule has 1 unspecified atom stereocenters. The molecule has 2 aromatic rings. The Labute approximate surface area is 125 Å². The molecule has 22 heavy (non-hydrogen) atoms. The Morgan fingerprint density at radius 3 is 2.55 bits per heavy atom. The number of nitrogens with zero attached hydrogens (tertiary/aromatic N) is 1. The first-order valence-corrected chi connectivity index (χ1v) is 6.49. The second-order valence-corrected chi connectivity index (χ2v) is 4.53. The highest BCUT2D eigenvalue weighted by Gasteiger charge is 2.31. The van der Waals surface area contributed by atoms with Crippen LogP contribution < -0.4 is 9.47 Å². The molecule has 118 valence electrons. The minimum absolute atomic E-state index is 0.301. The van der Waals surface area contributed by atoms with Crippen molar-refractivity contribution >= 4 is 0 Å². The van der Waals surface area contributed by atoms with E-state index in [0.29, 0.717) is 17.4 Å². The zero-order chi connectivity index (χ0) is 16.0. The normalized spacial score (nSPS) is 12.7. The summed E-state index contributed by atoms with van der Waals surface area (Å²) >= 11 is 0. The third kappa shape index (κ3) is 5.61. The van der Waals surface area contributed by atoms with Crippen LogP contribution in [0.2, 0.25) is 0 Å². The van der Waals surface area contributed by atoms with E-state index in [1.165, 1.54) is 6.07 Å². The van der Waals surface area contributed by atoms with Crippen LogP contribution in [0.1, 0.15) is 6.42 Å². The Morgan fingerprint density at radius 2 is 1.86 bits per heavy atom. The number of aliphatic hydroxyl groups is 1. The van der Waals surface area contributed by atoms with Crippen LogP contribution >= 0.6 is 0 Å². The average molecular weight is 313 g/mol. The number of rotatable bonds is 6. The van der Waals surface area contributed by atoms with Gasteiger partial charge < -0.3 is 14.6 Å². The van der Waals surface area contributed by atoms with Gasteiger partial charge in [-0.05, 0) is 18.2 Å². The third-order valence-electron chi connectivity index (χ3n) is 2.58. The Balaban J connectivity index is 1.91. The van der Waals surface area contributed by atoms with E-state index in [0.717, 1.165) is 0 Å². The van der Waals surface area contributed by atoms with Crippen molar-refractivity contribution in [2.45, 2.75) is 18.7 Å². The van der Waals surface area contributed by atoms with E-state index < -0.39 is 25.3 Å². The SMILES string of the molecule is OC(COc1cccc(Oc2ccccn2)c1)CC(F)(F)F. The molecular formula is C15H14F3NO3. The van der Waals surface area contributed by atoms with Crippen LogP contribution in [0, 0.1) is 0 Å². The highest BCUT2D eigenvalue weighted by atomic mass is 19.4. The van der Waals surface area contributed by atoms with Crippen LogP contribution in [0.4, 0.5) is 13.2 Å². The van der Waals surface area contributed by atoms with E-state index >= 15 is 0 Å². The number of pyridine rings is 1. The summed E-state index contributed by atoms with van der Waals surface area (Å²) in [7, 11) is 0. The summed E-state index contributed by atoms with van der Waals surface area (Å²) in [5.74, 6) is 1.12. The fourth-order valence-electron chi connectivity index (χ4n) is 1.67. The van der Waals surface area contributed by atoms with Crippen molar-refractivity contribution < 1.29 is 27.8 Å². The summed E-state index contributed by atoms with van der Waals surface area (Å²) in [5, 5.41) is 9.26. The maximum atomic E-state index is 12.1. The zero-order valence-corrected chi connectivity index (χ0v) is 11.5. The van der Waals surface area contributed by atoms with E-state index in [1.807, 2.05) is 0 Å². The van der Waals surface area contributed by atoms with E-state index in [4.69, 9.17) is 9.47 Å². The first-order chi connectivity index (χ1) is 10.4. The highest BCUT2D eigenvalue weighted by Crippen LogP contribution is 2.25. The standard InChI is InChI=1S/C15H14F3NO3/c16-15(17,18)9-11(20)10-21-12-4-3-5-13(8-12)22-14-6-1-2-7-19-14/h1-8,11,20H,9-10H2. The van der Waals surface area contributed by atoms with Gasteiger partial charge in [0, 0.05) is 18.3 Å². The summed E-state index contributed by atoms with van der Waals surface area (Å²) in [4.78, 5) is 3.99. The summed E-state index contributed by atoms with van der Waals surface area (Å²) in [6, 6.07) is 11.5. The Hall–Kier alpha value is -2.28. The Morgan fingerprint density at radius 1 is 1.09 bits per heavy atom. The Kier molecular flexibility index (Phi) is 5.21. The van der Waals surface area contributed by atoms with E-state index in [9.17, 15) is 18.3 Å². The molecule has 0 radical (unpaired) electrons. The van der Waals surface area contributed by atoms with Crippen molar-refractivity contribution in [3.63, 3.8) is 0 Å². The maximum absolute atomic E-state index is 12.1. The molecule has 0 spiro atoms. The number of ether oxygens (including phenoxy) is 2. The number of hydrogen-bond acceptors (Lipinski definition) is 4. The number of halogens is 3. The molecular weight excluding hydrogens is 299 g/mol. The van der Waals surface area contributed by atoms with Crippen molar-refractivity contribution in [1.82, 2.24) is 4.98 Å². The van der Waals surface area contributed by atoms with Gasteiger partial charge in [0.25, 0.3) is 0 Å². The lowest BCUT2D eigenvalue weighted by atomic mass is 10.2. The van der Waals surface area contributed by atoms with Crippen molar-refractivity contribution in [3.8, 4) is 17.4 Å². The molecule has 1 aromatic carbocycles. The van der Waals surface area contributed by atoms with Crippen LogP contribution in [-0.2, 0) is 0 Å². The predicted octanol–water partition coefficient (Wildman–Crippen LogP) is 3.57. The van der Waals surface area contributed by atoms with Crippen molar-refractivity contribution in [2.75, 3.05) is 6.61 Å². The number of aromatic nitrogens is 1. The molecule has 1 heterocycles. The van der Waals surface area contributed by atoms with Crippen LogP contribution in [0.15, 0.2) is 48.7 Å². The summed E-state index contributed by atoms with van der Waals surface area (Å²) < 4.78 is 46.9. The molecule has 2 rings (SSSR count). The zero-order valence-electron chi connectivity index (χ0n) is 11.5. The van der Waals surface area contributed by atoms with Gasteiger partial charge in [-0.3, -0.25) is 0 Å². The lowest BCUT2D eigenvalue weighted by Crippen LogP contribution is -2.25. The van der Waals surface area contributed by atoms with Crippen LogP contribution in [0.25, 0.3) is 0 Å². The van der Waals surface area contributed by atoms with Gasteiger partial charge in [0.15, 0.2) is 0 Å². The molecule has 1 atom stereocenters. The number of hydrogen-bond donors (Lipinski definition) is 1. The molecule has 0 aliphatic carbocycles. The van der Waals surface area contributed by atoms with Gasteiger partial charge in [0.1, 0.15) is 18.1 Å². The molecule has 1 N–H and O–H groups in total. The van der Waals surface area contributed by atoms with Gasteiger partial charge in [-0.1, -0.05) is 12.1 Å². The minimum Gasteiger partial charge on any atom is -0.491 e. The molecule has 7 heteroatoms. The lowest BCUT2D eigenvalue weighted by molar-refractivity contribution is -0.156. The summed E-state index contributed by atoms with van der Waals surface area (Å²) in [6.45, 7) is -0.452. The quantitative estimate of drug-likeness (QED) is 0.886. The van der Waals surface area contributed by atoms with Gasteiger partial charge in [0.2, 0.25) is 5.88 Å². The number of alkyl halides is 3. The molecule has 0 bridgehead atoms.